The number of fused-ring (bicyclic) bond motifs is 5. The fourth-order valence-corrected chi connectivity index (χ4v) is 7.11. The Morgan fingerprint density at radius 1 is 1.14 bits per heavy atom. The molecule has 0 aromatic carbocycles. The van der Waals surface area contributed by atoms with Gasteiger partial charge in [-0.3, -0.25) is 4.79 Å². The van der Waals surface area contributed by atoms with E-state index in [1.54, 1.807) is 0 Å². The van der Waals surface area contributed by atoms with E-state index >= 15 is 0 Å². The number of hydrogen-bond acceptors (Lipinski definition) is 2. The van der Waals surface area contributed by atoms with E-state index in [9.17, 15) is 9.90 Å². The third-order valence-electron chi connectivity index (χ3n) is 7.89. The predicted octanol–water partition coefficient (Wildman–Crippen LogP) is 3.98. The van der Waals surface area contributed by atoms with Gasteiger partial charge >= 0.3 is 0 Å². The first-order valence-electron chi connectivity index (χ1n) is 9.33. The molecule has 4 rings (SSSR count). The summed E-state index contributed by atoms with van der Waals surface area (Å²) in [4.78, 5) is 11.8. The lowest BCUT2D eigenvalue weighted by Gasteiger charge is -2.58. The van der Waals surface area contributed by atoms with Crippen molar-refractivity contribution in [3.8, 4) is 0 Å². The van der Waals surface area contributed by atoms with Gasteiger partial charge < -0.3 is 5.11 Å². The molecule has 0 amide bonds. The van der Waals surface area contributed by atoms with Crippen molar-refractivity contribution in [2.45, 2.75) is 65.4 Å². The van der Waals surface area contributed by atoms with Crippen molar-refractivity contribution in [1.82, 2.24) is 0 Å². The molecular weight excluding hydrogens is 272 g/mol. The molecule has 1 N–H and O–H groups in total. The van der Waals surface area contributed by atoms with Crippen molar-refractivity contribution in [1.29, 1.82) is 0 Å². The average Bonchev–Trinajstić information content (AvgIpc) is 2.74. The molecule has 0 spiro atoms. The molecule has 0 aromatic rings. The van der Waals surface area contributed by atoms with Gasteiger partial charge in [0.05, 0.1) is 6.10 Å². The van der Waals surface area contributed by atoms with Gasteiger partial charge in [-0.15, -0.1) is 0 Å². The van der Waals surface area contributed by atoms with Crippen LogP contribution in [-0.2, 0) is 4.79 Å². The van der Waals surface area contributed by atoms with Crippen molar-refractivity contribution in [3.63, 3.8) is 0 Å². The van der Waals surface area contributed by atoms with Crippen LogP contribution in [0.15, 0.2) is 11.6 Å². The Balaban J connectivity index is 1.73. The van der Waals surface area contributed by atoms with Gasteiger partial charge in [-0.05, 0) is 79.1 Å². The van der Waals surface area contributed by atoms with Crippen LogP contribution in [0, 0.1) is 40.9 Å². The molecule has 3 saturated carbocycles. The van der Waals surface area contributed by atoms with E-state index in [0.717, 1.165) is 37.5 Å². The van der Waals surface area contributed by atoms with Crippen molar-refractivity contribution in [2.75, 3.05) is 0 Å². The molecule has 3 fully saturated rings. The summed E-state index contributed by atoms with van der Waals surface area (Å²) in [5, 5.41) is 10.6. The molecule has 0 radical (unpaired) electrons. The summed E-state index contributed by atoms with van der Waals surface area (Å²) in [7, 11) is 0. The van der Waals surface area contributed by atoms with Crippen LogP contribution < -0.4 is 0 Å². The SMILES string of the molecule is CC1C[C@]2(C)[C@@H](O)CC[C@H]2[C@H]2[C@H]1[C@H]1CCC(=O)C=C1C[C@H]2C. The van der Waals surface area contributed by atoms with Gasteiger partial charge in [-0.25, -0.2) is 0 Å². The largest absolute Gasteiger partial charge is 0.393 e. The fourth-order valence-electron chi connectivity index (χ4n) is 7.11. The highest BCUT2D eigenvalue weighted by Gasteiger charge is 2.59. The molecule has 0 heterocycles. The van der Waals surface area contributed by atoms with E-state index in [0.29, 0.717) is 29.5 Å². The summed E-state index contributed by atoms with van der Waals surface area (Å²) in [5.74, 6) is 4.52. The number of aliphatic hydroxyl groups is 1. The number of allylic oxidation sites excluding steroid dienone is 1. The predicted molar refractivity (Wildman–Crippen MR) is 87.2 cm³/mol. The number of rotatable bonds is 0. The van der Waals surface area contributed by atoms with Crippen LogP contribution in [0.3, 0.4) is 0 Å². The maximum absolute atomic E-state index is 11.8. The first-order chi connectivity index (χ1) is 10.4. The minimum absolute atomic E-state index is 0.0991. The molecule has 1 unspecified atom stereocenters. The Morgan fingerprint density at radius 2 is 1.91 bits per heavy atom. The number of hydrogen-bond donors (Lipinski definition) is 1. The van der Waals surface area contributed by atoms with Crippen molar-refractivity contribution < 1.29 is 9.90 Å². The summed E-state index contributed by atoms with van der Waals surface area (Å²) in [6.07, 6.45) is 8.22. The van der Waals surface area contributed by atoms with Gasteiger partial charge in [-0.2, -0.15) is 0 Å². The quantitative estimate of drug-likeness (QED) is 0.735. The molecule has 2 heteroatoms. The lowest BCUT2D eigenvalue weighted by Crippen LogP contribution is -2.53. The number of carbonyl (C=O) groups is 1. The normalized spacial score (nSPS) is 54.3. The van der Waals surface area contributed by atoms with Gasteiger partial charge in [0.15, 0.2) is 5.78 Å². The minimum Gasteiger partial charge on any atom is -0.393 e. The van der Waals surface area contributed by atoms with E-state index in [1.165, 1.54) is 18.4 Å². The molecule has 0 aromatic heterocycles. The Kier molecular flexibility index (Phi) is 3.35. The highest BCUT2D eigenvalue weighted by atomic mass is 16.3. The Bertz CT molecular complexity index is 522. The Hall–Kier alpha value is -0.630. The van der Waals surface area contributed by atoms with Gasteiger partial charge in [0.25, 0.3) is 0 Å². The lowest BCUT2D eigenvalue weighted by atomic mass is 9.47. The minimum atomic E-state index is -0.0991. The fraction of sp³-hybridized carbons (Fsp3) is 0.850. The highest BCUT2D eigenvalue weighted by Crippen LogP contribution is 2.64. The standard InChI is InChI=1S/C20H30O2/c1-11-8-13-9-14(21)4-5-15(13)18-12(2)10-20(3)16(19(11)18)6-7-17(20)22/h9,11-12,15-19,22H,4-8,10H2,1-3H3/t11-,12?,15+,16+,17+,18-,19+,20+/m1/s1. The van der Waals surface area contributed by atoms with Crippen LogP contribution in [0.25, 0.3) is 0 Å². The molecule has 22 heavy (non-hydrogen) atoms. The number of carbonyl (C=O) groups excluding carboxylic acids is 1. The van der Waals surface area contributed by atoms with E-state index in [1.807, 2.05) is 6.08 Å². The summed E-state index contributed by atoms with van der Waals surface area (Å²) in [5.41, 5.74) is 1.60. The zero-order valence-corrected chi connectivity index (χ0v) is 14.2. The Morgan fingerprint density at radius 3 is 2.68 bits per heavy atom. The summed E-state index contributed by atoms with van der Waals surface area (Å²) in [6, 6.07) is 0. The lowest BCUT2D eigenvalue weighted by molar-refractivity contribution is -0.118. The molecular formula is C20H30O2. The smallest absolute Gasteiger partial charge is 0.155 e. The van der Waals surface area contributed by atoms with Crippen LogP contribution in [0.1, 0.15) is 59.3 Å². The molecule has 4 aliphatic carbocycles. The second kappa shape index (κ2) is 4.93. The molecule has 0 bridgehead atoms. The second-order valence-corrected chi connectivity index (χ2v) is 9.05. The molecule has 2 nitrogen and oxygen atoms in total. The van der Waals surface area contributed by atoms with Crippen molar-refractivity contribution in [2.24, 2.45) is 40.9 Å². The molecule has 8 atom stereocenters. The zero-order valence-electron chi connectivity index (χ0n) is 14.2. The van der Waals surface area contributed by atoms with E-state index in [-0.39, 0.29) is 11.5 Å². The van der Waals surface area contributed by atoms with Gasteiger partial charge in [0.2, 0.25) is 0 Å². The van der Waals surface area contributed by atoms with Gasteiger partial charge in [0, 0.05) is 6.42 Å². The summed E-state index contributed by atoms with van der Waals surface area (Å²) in [6.45, 7) is 7.16. The summed E-state index contributed by atoms with van der Waals surface area (Å²) < 4.78 is 0. The molecule has 4 aliphatic rings. The van der Waals surface area contributed by atoms with E-state index in [2.05, 4.69) is 20.8 Å². The number of ketones is 1. The first-order valence-corrected chi connectivity index (χ1v) is 9.33. The van der Waals surface area contributed by atoms with Gasteiger partial charge in [0.1, 0.15) is 0 Å². The van der Waals surface area contributed by atoms with E-state index in [4.69, 9.17) is 0 Å². The maximum Gasteiger partial charge on any atom is 0.155 e. The van der Waals surface area contributed by atoms with Crippen LogP contribution >= 0.6 is 0 Å². The first kappa shape index (κ1) is 14.9. The average molecular weight is 302 g/mol. The van der Waals surface area contributed by atoms with Crippen molar-refractivity contribution >= 4 is 5.78 Å². The van der Waals surface area contributed by atoms with Crippen LogP contribution in [0.5, 0.6) is 0 Å². The molecule has 0 saturated heterocycles. The van der Waals surface area contributed by atoms with Crippen LogP contribution in [-0.4, -0.2) is 17.0 Å². The summed E-state index contributed by atoms with van der Waals surface area (Å²) >= 11 is 0. The van der Waals surface area contributed by atoms with E-state index < -0.39 is 0 Å². The number of aliphatic hydroxyl groups excluding tert-OH is 1. The third-order valence-corrected chi connectivity index (χ3v) is 7.89. The zero-order chi connectivity index (χ0) is 15.6. The van der Waals surface area contributed by atoms with Crippen molar-refractivity contribution in [3.05, 3.63) is 11.6 Å². The second-order valence-electron chi connectivity index (χ2n) is 9.05. The molecule has 122 valence electrons. The third kappa shape index (κ3) is 1.92. The topological polar surface area (TPSA) is 37.3 Å². The maximum atomic E-state index is 11.8. The van der Waals surface area contributed by atoms with Crippen LogP contribution in [0.2, 0.25) is 0 Å². The monoisotopic (exact) mass is 302 g/mol. The molecule has 0 aliphatic heterocycles. The highest BCUT2D eigenvalue weighted by molar-refractivity contribution is 5.91. The van der Waals surface area contributed by atoms with Crippen LogP contribution in [0.4, 0.5) is 0 Å². The van der Waals surface area contributed by atoms with Gasteiger partial charge in [-0.1, -0.05) is 26.3 Å². The Labute approximate surface area is 134 Å².